The van der Waals surface area contributed by atoms with Crippen molar-refractivity contribution in [3.63, 3.8) is 0 Å². The Labute approximate surface area is 65.8 Å². The van der Waals surface area contributed by atoms with Crippen LogP contribution in [0.4, 0.5) is 4.79 Å². The van der Waals surface area contributed by atoms with Crippen LogP contribution in [-0.4, -0.2) is 5.43 Å². The van der Waals surface area contributed by atoms with Gasteiger partial charge >= 0.3 is 5.43 Å². The molecule has 0 fully saturated rings. The van der Waals surface area contributed by atoms with Crippen molar-refractivity contribution >= 4 is 17.0 Å². The standard InChI is InChI=1S/C7H11ClO2/c1-3-4-6(2)5-10-7(8)9/h5H,3-4H2,1-2H3/b6-5-. The largest absolute Gasteiger partial charge is 0.423 e. The minimum absolute atomic E-state index is 0.782. The van der Waals surface area contributed by atoms with Crippen molar-refractivity contribution in [1.82, 2.24) is 0 Å². The van der Waals surface area contributed by atoms with E-state index in [0.717, 1.165) is 18.4 Å². The van der Waals surface area contributed by atoms with Gasteiger partial charge in [-0.05, 0) is 18.9 Å². The molecule has 0 aromatic rings. The van der Waals surface area contributed by atoms with Crippen LogP contribution >= 0.6 is 11.6 Å². The Kier molecular flexibility index (Phi) is 5.03. The smallest absolute Gasteiger partial charge is 0.408 e. The van der Waals surface area contributed by atoms with E-state index in [0.29, 0.717) is 0 Å². The normalized spacial score (nSPS) is 11.3. The van der Waals surface area contributed by atoms with Crippen molar-refractivity contribution in [2.24, 2.45) is 0 Å². The van der Waals surface area contributed by atoms with Crippen LogP contribution in [0.3, 0.4) is 0 Å². The van der Waals surface area contributed by atoms with Crippen LogP contribution in [0.2, 0.25) is 0 Å². The number of allylic oxidation sites excluding steroid dienone is 1. The summed E-state index contributed by atoms with van der Waals surface area (Å²) in [6, 6.07) is 0. The first kappa shape index (κ1) is 9.50. The summed E-state index contributed by atoms with van der Waals surface area (Å²) in [4.78, 5) is 10.1. The zero-order valence-electron chi connectivity index (χ0n) is 6.19. The molecule has 58 valence electrons. The number of halogens is 1. The highest BCUT2D eigenvalue weighted by molar-refractivity contribution is 6.61. The summed E-state index contributed by atoms with van der Waals surface area (Å²) >= 11 is 4.92. The van der Waals surface area contributed by atoms with Crippen molar-refractivity contribution in [3.05, 3.63) is 11.8 Å². The lowest BCUT2D eigenvalue weighted by molar-refractivity contribution is 0.211. The fourth-order valence-electron chi connectivity index (χ4n) is 0.600. The zero-order chi connectivity index (χ0) is 7.98. The maximum absolute atomic E-state index is 10.1. The lowest BCUT2D eigenvalue weighted by Crippen LogP contribution is -1.85. The Morgan fingerprint density at radius 1 is 1.70 bits per heavy atom. The third-order valence-corrected chi connectivity index (χ3v) is 1.09. The fraction of sp³-hybridized carbons (Fsp3) is 0.571. The molecule has 2 nitrogen and oxygen atoms in total. The number of carbonyl (C=O) groups excluding carboxylic acids is 1. The number of rotatable bonds is 3. The first-order valence-electron chi connectivity index (χ1n) is 3.18. The molecule has 0 aliphatic rings. The Bertz CT molecular complexity index is 141. The SMILES string of the molecule is CCC/C(C)=C\OC(=O)Cl. The Hall–Kier alpha value is -0.500. The van der Waals surface area contributed by atoms with E-state index in [1.54, 1.807) is 0 Å². The van der Waals surface area contributed by atoms with E-state index >= 15 is 0 Å². The van der Waals surface area contributed by atoms with Crippen LogP contribution in [-0.2, 0) is 4.74 Å². The molecule has 0 unspecified atom stereocenters. The lowest BCUT2D eigenvalue weighted by Gasteiger charge is -1.95. The van der Waals surface area contributed by atoms with E-state index in [-0.39, 0.29) is 0 Å². The van der Waals surface area contributed by atoms with Crippen LogP contribution < -0.4 is 0 Å². The molecular weight excluding hydrogens is 152 g/mol. The van der Waals surface area contributed by atoms with Crippen molar-refractivity contribution < 1.29 is 9.53 Å². The highest BCUT2D eigenvalue weighted by Crippen LogP contribution is 2.03. The third-order valence-electron chi connectivity index (χ3n) is 0.997. The van der Waals surface area contributed by atoms with Crippen molar-refractivity contribution in [1.29, 1.82) is 0 Å². The van der Waals surface area contributed by atoms with Gasteiger partial charge in [0.05, 0.1) is 6.26 Å². The van der Waals surface area contributed by atoms with Crippen molar-refractivity contribution in [2.45, 2.75) is 26.7 Å². The molecule has 0 aromatic carbocycles. The van der Waals surface area contributed by atoms with Crippen LogP contribution in [0.25, 0.3) is 0 Å². The molecule has 0 radical (unpaired) electrons. The molecule has 0 amide bonds. The lowest BCUT2D eigenvalue weighted by atomic mass is 10.2. The molecule has 0 aromatic heterocycles. The van der Waals surface area contributed by atoms with E-state index in [1.807, 2.05) is 6.92 Å². The van der Waals surface area contributed by atoms with E-state index in [1.165, 1.54) is 6.26 Å². The summed E-state index contributed by atoms with van der Waals surface area (Å²) in [5.74, 6) is 0. The number of ether oxygens (including phenoxy) is 1. The Balaban J connectivity index is 3.57. The molecule has 0 spiro atoms. The fourth-order valence-corrected chi connectivity index (χ4v) is 0.645. The second kappa shape index (κ2) is 5.30. The van der Waals surface area contributed by atoms with Gasteiger partial charge in [-0.3, -0.25) is 0 Å². The Morgan fingerprint density at radius 3 is 2.70 bits per heavy atom. The van der Waals surface area contributed by atoms with Crippen LogP contribution in [0.15, 0.2) is 11.8 Å². The van der Waals surface area contributed by atoms with Gasteiger partial charge < -0.3 is 4.74 Å². The molecule has 0 atom stereocenters. The molecule has 0 bridgehead atoms. The Morgan fingerprint density at radius 2 is 2.30 bits per heavy atom. The van der Waals surface area contributed by atoms with Crippen LogP contribution in [0.5, 0.6) is 0 Å². The highest BCUT2D eigenvalue weighted by Gasteiger charge is 1.91. The van der Waals surface area contributed by atoms with E-state index in [9.17, 15) is 4.79 Å². The van der Waals surface area contributed by atoms with E-state index in [2.05, 4.69) is 11.7 Å². The van der Waals surface area contributed by atoms with Gasteiger partial charge in [0.2, 0.25) is 0 Å². The van der Waals surface area contributed by atoms with Crippen LogP contribution in [0.1, 0.15) is 26.7 Å². The monoisotopic (exact) mass is 162 g/mol. The number of hydrogen-bond acceptors (Lipinski definition) is 2. The summed E-state index contributed by atoms with van der Waals surface area (Å²) in [7, 11) is 0. The molecule has 0 saturated heterocycles. The minimum Gasteiger partial charge on any atom is -0.423 e. The molecule has 0 rings (SSSR count). The second-order valence-electron chi connectivity index (χ2n) is 2.07. The second-order valence-corrected chi connectivity index (χ2v) is 2.38. The molecule has 0 saturated carbocycles. The highest BCUT2D eigenvalue weighted by atomic mass is 35.5. The van der Waals surface area contributed by atoms with Gasteiger partial charge in [-0.2, -0.15) is 0 Å². The quantitative estimate of drug-likeness (QED) is 0.471. The summed E-state index contributed by atoms with van der Waals surface area (Å²) in [5, 5.41) is 0. The average molecular weight is 163 g/mol. The maximum Gasteiger partial charge on any atom is 0.408 e. The molecule has 3 heteroatoms. The van der Waals surface area contributed by atoms with Gasteiger partial charge in [-0.15, -0.1) is 0 Å². The minimum atomic E-state index is -0.782. The summed E-state index contributed by atoms with van der Waals surface area (Å²) < 4.78 is 4.42. The first-order chi connectivity index (χ1) is 4.66. The topological polar surface area (TPSA) is 26.3 Å². The molecule has 0 aliphatic heterocycles. The summed E-state index contributed by atoms with van der Waals surface area (Å²) in [6.07, 6.45) is 3.37. The summed E-state index contributed by atoms with van der Waals surface area (Å²) in [5.41, 5.74) is 0.243. The zero-order valence-corrected chi connectivity index (χ0v) is 6.94. The van der Waals surface area contributed by atoms with Crippen LogP contribution in [0, 0.1) is 0 Å². The van der Waals surface area contributed by atoms with Gasteiger partial charge in [-0.1, -0.05) is 13.3 Å². The number of carbonyl (C=O) groups is 1. The predicted octanol–water partition coefficient (Wildman–Crippen LogP) is 3.07. The van der Waals surface area contributed by atoms with E-state index in [4.69, 9.17) is 11.6 Å². The van der Waals surface area contributed by atoms with Crippen molar-refractivity contribution in [3.8, 4) is 0 Å². The van der Waals surface area contributed by atoms with Gasteiger partial charge in [0.25, 0.3) is 0 Å². The van der Waals surface area contributed by atoms with Crippen molar-refractivity contribution in [2.75, 3.05) is 0 Å². The molecular formula is C7H11ClO2. The van der Waals surface area contributed by atoms with Gasteiger partial charge in [0.1, 0.15) is 0 Å². The molecule has 0 N–H and O–H groups in total. The maximum atomic E-state index is 10.1. The number of hydrogen-bond donors (Lipinski definition) is 0. The average Bonchev–Trinajstić information content (AvgIpc) is 1.85. The third kappa shape index (κ3) is 5.63. The summed E-state index contributed by atoms with van der Waals surface area (Å²) in [6.45, 7) is 3.95. The molecule has 0 aliphatic carbocycles. The first-order valence-corrected chi connectivity index (χ1v) is 3.56. The van der Waals surface area contributed by atoms with Gasteiger partial charge in [-0.25, -0.2) is 4.79 Å². The molecule has 10 heavy (non-hydrogen) atoms. The predicted molar refractivity (Wildman–Crippen MR) is 41.0 cm³/mol. The van der Waals surface area contributed by atoms with Gasteiger partial charge in [0.15, 0.2) is 0 Å². The van der Waals surface area contributed by atoms with E-state index < -0.39 is 5.43 Å². The molecule has 0 heterocycles. The van der Waals surface area contributed by atoms with Gasteiger partial charge in [0, 0.05) is 11.6 Å².